The van der Waals surface area contributed by atoms with Crippen molar-refractivity contribution in [2.45, 2.75) is 41.5 Å². The Labute approximate surface area is 123 Å². The van der Waals surface area contributed by atoms with E-state index in [1.807, 2.05) is 50.2 Å². The molecular formula is C16H28O4. The second-order valence-corrected chi connectivity index (χ2v) is 3.00. The number of ether oxygens (including phenoxy) is 2. The maximum atomic E-state index is 9.82. The van der Waals surface area contributed by atoms with Gasteiger partial charge in [-0.3, -0.25) is 9.59 Å². The van der Waals surface area contributed by atoms with Crippen molar-refractivity contribution in [3.63, 3.8) is 0 Å². The van der Waals surface area contributed by atoms with Crippen LogP contribution in [0.15, 0.2) is 36.4 Å². The standard InChI is InChI=1S/C6H6.2C4H8O2.C2H6/c1-2-4-6-5-3-1;2*1-3-6-4(2)5;1-2/h1-6H;2*3H2,1-2H3;1-2H3. The number of esters is 2. The third-order valence-electron chi connectivity index (χ3n) is 1.36. The summed E-state index contributed by atoms with van der Waals surface area (Å²) >= 11 is 0. The molecule has 0 saturated carbocycles. The zero-order valence-electron chi connectivity index (χ0n) is 13.5. The molecule has 0 aromatic heterocycles. The van der Waals surface area contributed by atoms with E-state index in [1.54, 1.807) is 13.8 Å². The molecule has 0 aliphatic rings. The van der Waals surface area contributed by atoms with Gasteiger partial charge in [0.05, 0.1) is 13.2 Å². The fourth-order valence-electron chi connectivity index (χ4n) is 0.791. The Morgan fingerprint density at radius 3 is 0.950 bits per heavy atom. The van der Waals surface area contributed by atoms with Gasteiger partial charge in [-0.05, 0) is 13.8 Å². The van der Waals surface area contributed by atoms with E-state index in [2.05, 4.69) is 9.47 Å². The van der Waals surface area contributed by atoms with Crippen LogP contribution < -0.4 is 0 Å². The molecule has 0 radical (unpaired) electrons. The van der Waals surface area contributed by atoms with Crippen molar-refractivity contribution in [3.8, 4) is 0 Å². The maximum absolute atomic E-state index is 9.82. The first-order valence-electron chi connectivity index (χ1n) is 6.81. The first-order valence-corrected chi connectivity index (χ1v) is 6.81. The molecule has 0 aliphatic carbocycles. The van der Waals surface area contributed by atoms with Gasteiger partial charge >= 0.3 is 11.9 Å². The second-order valence-electron chi connectivity index (χ2n) is 3.00. The topological polar surface area (TPSA) is 52.6 Å². The minimum Gasteiger partial charge on any atom is -0.466 e. The zero-order valence-corrected chi connectivity index (χ0v) is 13.5. The molecule has 0 atom stereocenters. The quantitative estimate of drug-likeness (QED) is 0.774. The number of carbonyl (C=O) groups excluding carboxylic acids is 2. The third-order valence-corrected chi connectivity index (χ3v) is 1.36. The minimum atomic E-state index is -0.211. The summed E-state index contributed by atoms with van der Waals surface area (Å²) in [6, 6.07) is 12.0. The highest BCUT2D eigenvalue weighted by Gasteiger charge is 1.82. The first kappa shape index (κ1) is 23.3. The molecule has 0 heterocycles. The summed E-state index contributed by atoms with van der Waals surface area (Å²) in [5.41, 5.74) is 0. The van der Waals surface area contributed by atoms with E-state index in [1.165, 1.54) is 13.8 Å². The minimum absolute atomic E-state index is 0.211. The molecule has 20 heavy (non-hydrogen) atoms. The van der Waals surface area contributed by atoms with E-state index in [4.69, 9.17) is 0 Å². The van der Waals surface area contributed by atoms with Crippen LogP contribution in [0.25, 0.3) is 0 Å². The molecule has 0 bridgehead atoms. The molecule has 0 spiro atoms. The normalized spacial score (nSPS) is 7.30. The Kier molecular flexibility index (Phi) is 26.0. The van der Waals surface area contributed by atoms with Gasteiger partial charge in [-0.1, -0.05) is 50.2 Å². The van der Waals surface area contributed by atoms with E-state index in [9.17, 15) is 9.59 Å². The highest BCUT2D eigenvalue weighted by atomic mass is 16.5. The summed E-state index contributed by atoms with van der Waals surface area (Å²) in [6.45, 7) is 11.3. The van der Waals surface area contributed by atoms with Crippen LogP contribution in [0.4, 0.5) is 0 Å². The van der Waals surface area contributed by atoms with E-state index in [0.29, 0.717) is 13.2 Å². The smallest absolute Gasteiger partial charge is 0.302 e. The summed E-state index contributed by atoms with van der Waals surface area (Å²) in [6.07, 6.45) is 0. The third kappa shape index (κ3) is 36.0. The van der Waals surface area contributed by atoms with Gasteiger partial charge in [-0.2, -0.15) is 0 Å². The van der Waals surface area contributed by atoms with Crippen LogP contribution in [-0.2, 0) is 19.1 Å². The van der Waals surface area contributed by atoms with E-state index in [0.717, 1.165) is 0 Å². The average molecular weight is 284 g/mol. The van der Waals surface area contributed by atoms with Crippen molar-refractivity contribution >= 4 is 11.9 Å². The van der Waals surface area contributed by atoms with Crippen molar-refractivity contribution in [3.05, 3.63) is 36.4 Å². The monoisotopic (exact) mass is 284 g/mol. The Morgan fingerprint density at radius 2 is 0.900 bits per heavy atom. The lowest BCUT2D eigenvalue weighted by atomic mass is 10.4. The molecule has 0 N–H and O–H groups in total. The fourth-order valence-corrected chi connectivity index (χ4v) is 0.791. The molecule has 0 fully saturated rings. The molecule has 1 rings (SSSR count). The molecule has 0 aliphatic heterocycles. The van der Waals surface area contributed by atoms with E-state index in [-0.39, 0.29) is 11.9 Å². The summed E-state index contributed by atoms with van der Waals surface area (Å²) < 4.78 is 8.81. The molecule has 4 nitrogen and oxygen atoms in total. The first-order chi connectivity index (χ1) is 9.54. The van der Waals surface area contributed by atoms with Crippen LogP contribution in [0.3, 0.4) is 0 Å². The highest BCUT2D eigenvalue weighted by Crippen LogP contribution is 1.79. The Balaban J connectivity index is -0.000000204. The zero-order chi connectivity index (χ0) is 16.2. The van der Waals surface area contributed by atoms with Crippen molar-refractivity contribution in [1.29, 1.82) is 0 Å². The Bertz CT molecular complexity index is 254. The Hall–Kier alpha value is -1.84. The summed E-state index contributed by atoms with van der Waals surface area (Å²) in [4.78, 5) is 19.6. The molecule has 116 valence electrons. The van der Waals surface area contributed by atoms with E-state index >= 15 is 0 Å². The van der Waals surface area contributed by atoms with Crippen molar-refractivity contribution in [2.24, 2.45) is 0 Å². The second kappa shape index (κ2) is 22.3. The molecule has 0 saturated heterocycles. The van der Waals surface area contributed by atoms with Gasteiger partial charge in [-0.15, -0.1) is 0 Å². The van der Waals surface area contributed by atoms with Crippen molar-refractivity contribution in [1.82, 2.24) is 0 Å². The predicted molar refractivity (Wildman–Crippen MR) is 82.4 cm³/mol. The number of hydrogen-bond donors (Lipinski definition) is 0. The predicted octanol–water partition coefficient (Wildman–Crippen LogP) is 3.85. The maximum Gasteiger partial charge on any atom is 0.302 e. The van der Waals surface area contributed by atoms with Crippen LogP contribution >= 0.6 is 0 Å². The van der Waals surface area contributed by atoms with Gasteiger partial charge in [0.25, 0.3) is 0 Å². The summed E-state index contributed by atoms with van der Waals surface area (Å²) in [7, 11) is 0. The summed E-state index contributed by atoms with van der Waals surface area (Å²) in [5.74, 6) is -0.421. The van der Waals surface area contributed by atoms with Crippen LogP contribution in [0.5, 0.6) is 0 Å². The van der Waals surface area contributed by atoms with Crippen LogP contribution in [0.1, 0.15) is 41.5 Å². The number of benzene rings is 1. The molecule has 4 heteroatoms. The highest BCUT2D eigenvalue weighted by molar-refractivity contribution is 5.66. The molecule has 0 amide bonds. The molecule has 1 aromatic carbocycles. The van der Waals surface area contributed by atoms with Crippen LogP contribution in [-0.4, -0.2) is 25.2 Å². The van der Waals surface area contributed by atoms with Gasteiger partial charge in [0.1, 0.15) is 0 Å². The molecule has 0 unspecified atom stereocenters. The largest absolute Gasteiger partial charge is 0.466 e. The summed E-state index contributed by atoms with van der Waals surface area (Å²) in [5, 5.41) is 0. The lowest BCUT2D eigenvalue weighted by Crippen LogP contribution is -1.95. The van der Waals surface area contributed by atoms with Gasteiger partial charge in [0.15, 0.2) is 0 Å². The van der Waals surface area contributed by atoms with Gasteiger partial charge in [0, 0.05) is 13.8 Å². The lowest BCUT2D eigenvalue weighted by Gasteiger charge is -1.89. The lowest BCUT2D eigenvalue weighted by molar-refractivity contribution is -0.141. The number of carbonyl (C=O) groups is 2. The van der Waals surface area contributed by atoms with Gasteiger partial charge < -0.3 is 9.47 Å². The Morgan fingerprint density at radius 1 is 0.700 bits per heavy atom. The SMILES string of the molecule is CC.CCOC(C)=O.CCOC(C)=O.c1ccccc1. The average Bonchev–Trinajstić information content (AvgIpc) is 2.44. The van der Waals surface area contributed by atoms with Crippen LogP contribution in [0, 0.1) is 0 Å². The van der Waals surface area contributed by atoms with E-state index < -0.39 is 0 Å². The number of hydrogen-bond acceptors (Lipinski definition) is 4. The van der Waals surface area contributed by atoms with Crippen molar-refractivity contribution in [2.75, 3.05) is 13.2 Å². The van der Waals surface area contributed by atoms with Gasteiger partial charge in [0.2, 0.25) is 0 Å². The number of rotatable bonds is 2. The fraction of sp³-hybridized carbons (Fsp3) is 0.500. The molecule has 1 aromatic rings. The van der Waals surface area contributed by atoms with Crippen LogP contribution in [0.2, 0.25) is 0 Å². The molecular weight excluding hydrogens is 256 g/mol. The van der Waals surface area contributed by atoms with Crippen molar-refractivity contribution < 1.29 is 19.1 Å². The van der Waals surface area contributed by atoms with Gasteiger partial charge in [-0.25, -0.2) is 0 Å².